The van der Waals surface area contributed by atoms with E-state index in [0.29, 0.717) is 19.6 Å². The molecule has 0 aromatic heterocycles. The summed E-state index contributed by atoms with van der Waals surface area (Å²) in [5.41, 5.74) is 0. The molecule has 0 amide bonds. The topological polar surface area (TPSA) is 81.9 Å². The van der Waals surface area contributed by atoms with Crippen molar-refractivity contribution in [2.75, 3.05) is 25.6 Å². The van der Waals surface area contributed by atoms with E-state index in [1.165, 1.54) is 0 Å². The van der Waals surface area contributed by atoms with E-state index in [-0.39, 0.29) is 11.9 Å². The molecule has 0 spiro atoms. The highest BCUT2D eigenvalue weighted by Crippen LogP contribution is 2.08. The fourth-order valence-electron chi connectivity index (χ4n) is 0.741. The Bertz CT molecular complexity index is 222. The molecule has 0 aromatic carbocycles. The van der Waals surface area contributed by atoms with E-state index in [2.05, 4.69) is 0 Å². The summed E-state index contributed by atoms with van der Waals surface area (Å²) in [5.74, 6) is -0.0154. The number of ether oxygens (including phenoxy) is 2. The van der Waals surface area contributed by atoms with Gasteiger partial charge >= 0.3 is 0 Å². The van der Waals surface area contributed by atoms with Crippen molar-refractivity contribution in [2.24, 2.45) is 5.14 Å². The van der Waals surface area contributed by atoms with E-state index >= 15 is 0 Å². The summed E-state index contributed by atoms with van der Waals surface area (Å²) >= 11 is 0. The number of hydrogen-bond donors (Lipinski definition) is 1. The van der Waals surface area contributed by atoms with Crippen molar-refractivity contribution in [3.8, 4) is 0 Å². The maximum absolute atomic E-state index is 10.4. The van der Waals surface area contributed by atoms with Gasteiger partial charge in [0.05, 0.1) is 19.0 Å². The Morgan fingerprint density at radius 1 is 1.58 bits per heavy atom. The first-order valence-electron chi connectivity index (χ1n) is 3.78. The van der Waals surface area contributed by atoms with Gasteiger partial charge in [0.15, 0.2) is 0 Å². The molecule has 1 atom stereocenters. The van der Waals surface area contributed by atoms with Crippen LogP contribution in [0.25, 0.3) is 0 Å². The van der Waals surface area contributed by atoms with E-state index < -0.39 is 10.0 Å². The second-order valence-electron chi connectivity index (χ2n) is 2.75. The molecule has 0 aliphatic carbocycles. The van der Waals surface area contributed by atoms with Crippen LogP contribution in [0.2, 0.25) is 0 Å². The smallest absolute Gasteiger partial charge is 0.209 e. The number of sulfonamides is 1. The van der Waals surface area contributed by atoms with Crippen LogP contribution in [0.4, 0.5) is 0 Å². The molecule has 1 aliphatic heterocycles. The minimum atomic E-state index is -3.32. The Hall–Kier alpha value is -0.170. The molecule has 1 unspecified atom stereocenters. The van der Waals surface area contributed by atoms with Gasteiger partial charge in [0.2, 0.25) is 10.0 Å². The van der Waals surface area contributed by atoms with Crippen LogP contribution in [0.1, 0.15) is 6.42 Å². The Kier molecular flexibility index (Phi) is 3.45. The minimum absolute atomic E-state index is 0.0154. The third kappa shape index (κ3) is 5.48. The van der Waals surface area contributed by atoms with Crippen molar-refractivity contribution in [3.05, 3.63) is 0 Å². The molecule has 6 heteroatoms. The summed E-state index contributed by atoms with van der Waals surface area (Å²) in [6, 6.07) is 0. The van der Waals surface area contributed by atoms with E-state index in [9.17, 15) is 8.42 Å². The molecule has 1 aliphatic rings. The molecule has 12 heavy (non-hydrogen) atoms. The summed E-state index contributed by atoms with van der Waals surface area (Å²) in [5, 5.41) is 4.78. The summed E-state index contributed by atoms with van der Waals surface area (Å²) in [6.07, 6.45) is 0.686. The van der Waals surface area contributed by atoms with Crippen molar-refractivity contribution >= 4 is 10.0 Å². The normalized spacial score (nSPS) is 22.6. The van der Waals surface area contributed by atoms with Crippen molar-refractivity contribution in [1.82, 2.24) is 0 Å². The average molecular weight is 195 g/mol. The van der Waals surface area contributed by atoms with Gasteiger partial charge in [0, 0.05) is 6.61 Å². The second-order valence-corrected chi connectivity index (χ2v) is 4.48. The van der Waals surface area contributed by atoms with E-state index in [0.717, 1.165) is 6.61 Å². The minimum Gasteiger partial charge on any atom is -0.379 e. The third-order valence-corrected chi connectivity index (χ3v) is 2.28. The lowest BCUT2D eigenvalue weighted by Gasteiger charge is -2.00. The predicted octanol–water partition coefficient (Wildman–Crippen LogP) is -0.920. The van der Waals surface area contributed by atoms with Gasteiger partial charge in [0.25, 0.3) is 0 Å². The van der Waals surface area contributed by atoms with Gasteiger partial charge in [-0.3, -0.25) is 0 Å². The van der Waals surface area contributed by atoms with Gasteiger partial charge < -0.3 is 9.47 Å². The Labute approximate surface area is 71.9 Å². The SMILES string of the molecule is NS(=O)(=O)CCCOCC1CO1. The van der Waals surface area contributed by atoms with Gasteiger partial charge in [0.1, 0.15) is 6.10 Å². The van der Waals surface area contributed by atoms with Crippen LogP contribution in [-0.4, -0.2) is 40.1 Å². The zero-order valence-electron chi connectivity index (χ0n) is 6.73. The highest BCUT2D eigenvalue weighted by molar-refractivity contribution is 7.89. The molecular formula is C6H13NO4S. The molecule has 0 aromatic rings. The first kappa shape index (κ1) is 9.91. The fourth-order valence-corrected chi connectivity index (χ4v) is 1.26. The lowest BCUT2D eigenvalue weighted by molar-refractivity contribution is 0.117. The number of hydrogen-bond acceptors (Lipinski definition) is 4. The molecule has 1 heterocycles. The quantitative estimate of drug-likeness (QED) is 0.439. The first-order valence-corrected chi connectivity index (χ1v) is 5.49. The van der Waals surface area contributed by atoms with Crippen LogP contribution in [0.15, 0.2) is 0 Å². The van der Waals surface area contributed by atoms with Gasteiger partial charge in [-0.1, -0.05) is 0 Å². The van der Waals surface area contributed by atoms with Crippen molar-refractivity contribution in [1.29, 1.82) is 0 Å². The van der Waals surface area contributed by atoms with Crippen LogP contribution < -0.4 is 5.14 Å². The van der Waals surface area contributed by atoms with Crippen molar-refractivity contribution in [2.45, 2.75) is 12.5 Å². The Morgan fingerprint density at radius 2 is 2.25 bits per heavy atom. The highest BCUT2D eigenvalue weighted by Gasteiger charge is 2.21. The van der Waals surface area contributed by atoms with Gasteiger partial charge in [-0.05, 0) is 6.42 Å². The molecule has 5 nitrogen and oxygen atoms in total. The summed E-state index contributed by atoms with van der Waals surface area (Å²) in [6.45, 7) is 1.75. The summed E-state index contributed by atoms with van der Waals surface area (Å²) in [7, 11) is -3.32. The van der Waals surface area contributed by atoms with Crippen molar-refractivity contribution in [3.63, 3.8) is 0 Å². The lowest BCUT2D eigenvalue weighted by atomic mass is 10.5. The van der Waals surface area contributed by atoms with Crippen molar-refractivity contribution < 1.29 is 17.9 Å². The molecule has 72 valence electrons. The van der Waals surface area contributed by atoms with Gasteiger partial charge in [-0.25, -0.2) is 13.6 Å². The Balaban J connectivity index is 1.88. The molecule has 2 N–H and O–H groups in total. The van der Waals surface area contributed by atoms with E-state index in [1.54, 1.807) is 0 Å². The second kappa shape index (κ2) is 4.18. The molecule has 0 radical (unpaired) electrons. The number of epoxide rings is 1. The van der Waals surface area contributed by atoms with Crippen LogP contribution in [0.3, 0.4) is 0 Å². The molecular weight excluding hydrogens is 182 g/mol. The van der Waals surface area contributed by atoms with Crippen LogP contribution in [0.5, 0.6) is 0 Å². The summed E-state index contributed by atoms with van der Waals surface area (Å²) in [4.78, 5) is 0. The zero-order chi connectivity index (χ0) is 9.03. The van der Waals surface area contributed by atoms with Gasteiger partial charge in [-0.15, -0.1) is 0 Å². The first-order chi connectivity index (χ1) is 5.58. The van der Waals surface area contributed by atoms with Gasteiger partial charge in [-0.2, -0.15) is 0 Å². The average Bonchev–Trinajstić information content (AvgIpc) is 2.68. The molecule has 1 fully saturated rings. The number of primary sulfonamides is 1. The fraction of sp³-hybridized carbons (Fsp3) is 1.00. The zero-order valence-corrected chi connectivity index (χ0v) is 7.55. The lowest BCUT2D eigenvalue weighted by Crippen LogP contribution is -2.18. The van der Waals surface area contributed by atoms with Crippen LogP contribution in [0, 0.1) is 0 Å². The van der Waals surface area contributed by atoms with Crippen LogP contribution >= 0.6 is 0 Å². The monoisotopic (exact) mass is 195 g/mol. The largest absolute Gasteiger partial charge is 0.379 e. The maximum Gasteiger partial charge on any atom is 0.209 e. The third-order valence-electron chi connectivity index (χ3n) is 1.42. The number of rotatable bonds is 6. The predicted molar refractivity (Wildman–Crippen MR) is 43.2 cm³/mol. The highest BCUT2D eigenvalue weighted by atomic mass is 32.2. The van der Waals surface area contributed by atoms with E-state index in [4.69, 9.17) is 14.6 Å². The standard InChI is InChI=1S/C6H13NO4S/c7-12(8,9)3-1-2-10-4-6-5-11-6/h6H,1-5H2,(H2,7,8,9). The summed E-state index contributed by atoms with van der Waals surface area (Å²) < 4.78 is 30.9. The number of nitrogens with two attached hydrogens (primary N) is 1. The molecule has 1 rings (SSSR count). The molecule has 0 bridgehead atoms. The molecule has 1 saturated heterocycles. The molecule has 0 saturated carbocycles. The Morgan fingerprint density at radius 3 is 2.75 bits per heavy atom. The van der Waals surface area contributed by atoms with E-state index in [1.807, 2.05) is 0 Å². The maximum atomic E-state index is 10.4. The van der Waals surface area contributed by atoms with Crippen LogP contribution in [-0.2, 0) is 19.5 Å².